The highest BCUT2D eigenvalue weighted by Gasteiger charge is 2.02. The molecule has 0 fully saturated rings. The summed E-state index contributed by atoms with van der Waals surface area (Å²) in [7, 11) is 1.37. The van der Waals surface area contributed by atoms with Gasteiger partial charge in [0.25, 0.3) is 0 Å². The van der Waals surface area contributed by atoms with Crippen LogP contribution in [0.2, 0.25) is 0 Å². The maximum atomic E-state index is 11.2. The van der Waals surface area contributed by atoms with Crippen LogP contribution in [0.25, 0.3) is 0 Å². The molecular weight excluding hydrogens is 154 g/mol. The van der Waals surface area contributed by atoms with Crippen molar-refractivity contribution in [3.63, 3.8) is 0 Å². The van der Waals surface area contributed by atoms with Gasteiger partial charge in [0.05, 0.1) is 12.7 Å². The van der Waals surface area contributed by atoms with Gasteiger partial charge in [-0.1, -0.05) is 12.1 Å². The fourth-order valence-electron chi connectivity index (χ4n) is 0.877. The van der Waals surface area contributed by atoms with E-state index in [0.717, 1.165) is 0 Å². The van der Waals surface area contributed by atoms with E-state index in [0.29, 0.717) is 0 Å². The molecule has 0 radical (unpaired) electrons. The van der Waals surface area contributed by atoms with Crippen molar-refractivity contribution in [3.05, 3.63) is 40.1 Å². The molecule has 0 N–H and O–H groups in total. The molecule has 0 aliphatic carbocycles. The van der Waals surface area contributed by atoms with Crippen molar-refractivity contribution < 1.29 is 4.74 Å². The maximum absolute atomic E-state index is 11.2. The number of rotatable bonds is 1. The summed E-state index contributed by atoms with van der Waals surface area (Å²) in [6, 6.07) is 7.99. The van der Waals surface area contributed by atoms with E-state index in [1.54, 1.807) is 18.2 Å². The van der Waals surface area contributed by atoms with Gasteiger partial charge in [-0.3, -0.25) is 4.79 Å². The summed E-state index contributed by atoms with van der Waals surface area (Å²) in [6.07, 6.45) is 0. The lowest BCUT2D eigenvalue weighted by molar-refractivity contribution is 0.410. The molecule has 0 saturated carbocycles. The summed E-state index contributed by atoms with van der Waals surface area (Å²) in [5, 5.41) is 8.62. The molecule has 0 unspecified atom stereocenters. The average molecular weight is 161 g/mol. The first-order valence-electron chi connectivity index (χ1n) is 3.37. The normalized spacial score (nSPS) is 8.67. The van der Waals surface area contributed by atoms with Crippen molar-refractivity contribution in [2.75, 3.05) is 7.11 Å². The zero-order valence-corrected chi connectivity index (χ0v) is 6.57. The third kappa shape index (κ3) is 1.43. The third-order valence-corrected chi connectivity index (χ3v) is 1.41. The second-order valence-corrected chi connectivity index (χ2v) is 2.14. The predicted molar refractivity (Wildman–Crippen MR) is 44.0 cm³/mol. The Morgan fingerprint density at radius 3 is 2.67 bits per heavy atom. The van der Waals surface area contributed by atoms with Crippen LogP contribution in [-0.4, -0.2) is 7.11 Å². The molecule has 0 atom stereocenters. The molecule has 0 amide bonds. The van der Waals surface area contributed by atoms with Crippen LogP contribution in [0.3, 0.4) is 0 Å². The first-order valence-corrected chi connectivity index (χ1v) is 3.37. The number of ether oxygens (including phenoxy) is 1. The quantitative estimate of drug-likeness (QED) is 0.615. The first-order chi connectivity index (χ1) is 5.79. The van der Waals surface area contributed by atoms with Crippen molar-refractivity contribution in [2.24, 2.45) is 0 Å². The highest BCUT2D eigenvalue weighted by molar-refractivity contribution is 5.41. The summed E-state index contributed by atoms with van der Waals surface area (Å²) in [5.74, 6) is 0.0995. The molecular formula is C9H7NO2. The maximum Gasteiger partial charge on any atom is 0.221 e. The average Bonchev–Trinajstić information content (AvgIpc) is 2.26. The molecule has 0 saturated heterocycles. The van der Waals surface area contributed by atoms with Crippen LogP contribution >= 0.6 is 0 Å². The minimum Gasteiger partial charge on any atom is -0.491 e. The predicted octanol–water partition coefficient (Wildman–Crippen LogP) is 0.927. The van der Waals surface area contributed by atoms with Crippen LogP contribution in [0.5, 0.6) is 5.75 Å². The van der Waals surface area contributed by atoms with Gasteiger partial charge in [0, 0.05) is 0 Å². The molecule has 0 heterocycles. The van der Waals surface area contributed by atoms with Crippen molar-refractivity contribution in [2.45, 2.75) is 0 Å². The number of nitriles is 1. The van der Waals surface area contributed by atoms with Crippen LogP contribution in [0.15, 0.2) is 29.1 Å². The molecule has 0 bridgehead atoms. The van der Waals surface area contributed by atoms with E-state index in [2.05, 4.69) is 0 Å². The molecule has 1 rings (SSSR count). The summed E-state index contributed by atoms with van der Waals surface area (Å²) in [4.78, 5) is 11.2. The Balaban J connectivity index is 3.53. The lowest BCUT2D eigenvalue weighted by atomic mass is 10.3. The largest absolute Gasteiger partial charge is 0.491 e. The number of hydrogen-bond acceptors (Lipinski definition) is 3. The van der Waals surface area contributed by atoms with Crippen molar-refractivity contribution in [1.29, 1.82) is 5.26 Å². The van der Waals surface area contributed by atoms with Crippen LogP contribution in [0, 0.1) is 11.3 Å². The number of methoxy groups -OCH3 is 1. The van der Waals surface area contributed by atoms with Gasteiger partial charge in [-0.2, -0.15) is 5.26 Å². The monoisotopic (exact) mass is 161 g/mol. The van der Waals surface area contributed by atoms with Crippen LogP contribution < -0.4 is 10.2 Å². The smallest absolute Gasteiger partial charge is 0.221 e. The van der Waals surface area contributed by atoms with Gasteiger partial charge < -0.3 is 4.74 Å². The van der Waals surface area contributed by atoms with E-state index < -0.39 is 0 Å². The second-order valence-electron chi connectivity index (χ2n) is 2.14. The molecule has 1 aromatic rings. The Bertz CT molecular complexity index is 379. The molecule has 3 heteroatoms. The van der Waals surface area contributed by atoms with Gasteiger partial charge in [-0.15, -0.1) is 0 Å². The number of nitrogens with zero attached hydrogens (tertiary/aromatic N) is 1. The SMILES string of the molecule is COc1c(C#N)ccccc1=O. The van der Waals surface area contributed by atoms with E-state index in [-0.39, 0.29) is 16.7 Å². The second kappa shape index (κ2) is 3.54. The highest BCUT2D eigenvalue weighted by Crippen LogP contribution is 2.08. The van der Waals surface area contributed by atoms with E-state index in [9.17, 15) is 4.79 Å². The molecule has 0 aromatic heterocycles. The highest BCUT2D eigenvalue weighted by atomic mass is 16.5. The standard InChI is InChI=1S/C9H7NO2/c1-12-9-7(6-10)4-2-3-5-8(9)11/h2-5H,1H3. The summed E-state index contributed by atoms with van der Waals surface area (Å²) in [5.41, 5.74) is -0.0217. The van der Waals surface area contributed by atoms with Crippen LogP contribution in [-0.2, 0) is 0 Å². The van der Waals surface area contributed by atoms with E-state index in [1.807, 2.05) is 6.07 Å². The molecule has 0 aliphatic rings. The summed E-state index contributed by atoms with van der Waals surface area (Å²) in [6.45, 7) is 0. The van der Waals surface area contributed by atoms with Gasteiger partial charge in [0.2, 0.25) is 5.43 Å². The van der Waals surface area contributed by atoms with E-state index in [1.165, 1.54) is 13.2 Å². The fraction of sp³-hybridized carbons (Fsp3) is 0.111. The van der Waals surface area contributed by atoms with Crippen molar-refractivity contribution in [3.8, 4) is 11.8 Å². The summed E-state index contributed by atoms with van der Waals surface area (Å²) < 4.78 is 4.79. The zero-order valence-electron chi connectivity index (χ0n) is 6.57. The van der Waals surface area contributed by atoms with Gasteiger partial charge in [-0.05, 0) is 12.1 Å². The van der Waals surface area contributed by atoms with E-state index in [4.69, 9.17) is 10.00 Å². The van der Waals surface area contributed by atoms with Gasteiger partial charge in [0.1, 0.15) is 6.07 Å². The lowest BCUT2D eigenvalue weighted by Crippen LogP contribution is -2.01. The molecule has 60 valence electrons. The topological polar surface area (TPSA) is 50.1 Å². The zero-order chi connectivity index (χ0) is 8.97. The van der Waals surface area contributed by atoms with Gasteiger partial charge in [0.15, 0.2) is 5.75 Å². The fourth-order valence-corrected chi connectivity index (χ4v) is 0.877. The molecule has 12 heavy (non-hydrogen) atoms. The van der Waals surface area contributed by atoms with Crippen LogP contribution in [0.1, 0.15) is 5.56 Å². The van der Waals surface area contributed by atoms with E-state index >= 15 is 0 Å². The minimum atomic E-state index is -0.279. The lowest BCUT2D eigenvalue weighted by Gasteiger charge is -1.94. The Morgan fingerprint density at radius 1 is 1.42 bits per heavy atom. The Labute approximate surface area is 69.8 Å². The number of hydrogen-bond donors (Lipinski definition) is 0. The Morgan fingerprint density at radius 2 is 2.08 bits per heavy atom. The Kier molecular flexibility index (Phi) is 2.44. The molecule has 3 nitrogen and oxygen atoms in total. The third-order valence-electron chi connectivity index (χ3n) is 1.41. The van der Waals surface area contributed by atoms with Crippen molar-refractivity contribution >= 4 is 0 Å². The molecule has 1 aromatic carbocycles. The minimum absolute atomic E-state index is 0.0995. The molecule has 0 aliphatic heterocycles. The first kappa shape index (κ1) is 8.28. The summed E-state index contributed by atoms with van der Waals surface area (Å²) >= 11 is 0. The molecule has 0 spiro atoms. The van der Waals surface area contributed by atoms with Crippen LogP contribution in [0.4, 0.5) is 0 Å². The van der Waals surface area contributed by atoms with Gasteiger partial charge in [-0.25, -0.2) is 0 Å². The Hall–Kier alpha value is -1.82. The van der Waals surface area contributed by atoms with Gasteiger partial charge >= 0.3 is 0 Å². The van der Waals surface area contributed by atoms with Crippen molar-refractivity contribution in [1.82, 2.24) is 0 Å².